The fraction of sp³-hybridized carbons (Fsp3) is 0.833. The summed E-state index contributed by atoms with van der Waals surface area (Å²) in [5.41, 5.74) is 0. The highest BCUT2D eigenvalue weighted by atomic mass is 16.7. The summed E-state index contributed by atoms with van der Waals surface area (Å²) in [7, 11) is 0. The Morgan fingerprint density at radius 3 is 2.21 bits per heavy atom. The average molecular weight is 194 g/mol. The molecule has 5 unspecified atom stereocenters. The Hall–Kier alpha value is -0.340. The molecule has 2 bridgehead atoms. The van der Waals surface area contributed by atoms with E-state index >= 15 is 0 Å². The highest BCUT2D eigenvalue weighted by Crippen LogP contribution is 2.47. The third-order valence-corrected chi connectivity index (χ3v) is 4.04. The molecule has 2 aliphatic carbocycles. The molecule has 0 aromatic rings. The molecule has 0 amide bonds. The fourth-order valence-corrected chi connectivity index (χ4v) is 3.01. The first-order valence-corrected chi connectivity index (χ1v) is 5.73. The maximum atomic E-state index is 5.85. The number of hydrogen-bond donors (Lipinski definition) is 0. The first-order valence-electron chi connectivity index (χ1n) is 5.73. The first-order chi connectivity index (χ1) is 6.74. The van der Waals surface area contributed by atoms with Crippen molar-refractivity contribution in [3.05, 3.63) is 12.2 Å². The summed E-state index contributed by atoms with van der Waals surface area (Å²) < 4.78 is 11.7. The second-order valence-electron chi connectivity index (χ2n) is 4.99. The Labute approximate surface area is 85.3 Å². The van der Waals surface area contributed by atoms with Crippen LogP contribution < -0.4 is 0 Å². The van der Waals surface area contributed by atoms with Crippen molar-refractivity contribution in [1.82, 2.24) is 0 Å². The van der Waals surface area contributed by atoms with Gasteiger partial charge in [0.15, 0.2) is 6.29 Å². The Morgan fingerprint density at radius 1 is 1.00 bits per heavy atom. The maximum absolute atomic E-state index is 5.85. The quantitative estimate of drug-likeness (QED) is 0.596. The SMILES string of the molecule is CC1OC(C2CC3C=CC2C3)OC1C. The fourth-order valence-electron chi connectivity index (χ4n) is 3.01. The van der Waals surface area contributed by atoms with Crippen LogP contribution in [0.15, 0.2) is 12.2 Å². The summed E-state index contributed by atoms with van der Waals surface area (Å²) in [5, 5.41) is 0. The predicted molar refractivity (Wildman–Crippen MR) is 53.7 cm³/mol. The Morgan fingerprint density at radius 2 is 1.71 bits per heavy atom. The molecular formula is C12H18O2. The van der Waals surface area contributed by atoms with E-state index in [4.69, 9.17) is 9.47 Å². The van der Waals surface area contributed by atoms with E-state index in [1.807, 2.05) is 0 Å². The van der Waals surface area contributed by atoms with Gasteiger partial charge in [-0.3, -0.25) is 0 Å². The average Bonchev–Trinajstić information content (AvgIpc) is 2.82. The molecule has 1 saturated heterocycles. The molecule has 0 radical (unpaired) electrons. The van der Waals surface area contributed by atoms with Crippen molar-refractivity contribution in [2.45, 2.75) is 45.2 Å². The van der Waals surface area contributed by atoms with E-state index < -0.39 is 0 Å². The van der Waals surface area contributed by atoms with E-state index in [1.165, 1.54) is 12.8 Å². The smallest absolute Gasteiger partial charge is 0.161 e. The van der Waals surface area contributed by atoms with Gasteiger partial charge in [0, 0.05) is 5.92 Å². The molecule has 3 rings (SSSR count). The Balaban J connectivity index is 1.70. The van der Waals surface area contributed by atoms with Crippen molar-refractivity contribution < 1.29 is 9.47 Å². The van der Waals surface area contributed by atoms with Crippen molar-refractivity contribution >= 4 is 0 Å². The molecule has 0 aromatic heterocycles. The van der Waals surface area contributed by atoms with Gasteiger partial charge in [0.25, 0.3) is 0 Å². The second kappa shape index (κ2) is 3.07. The molecular weight excluding hydrogens is 176 g/mol. The lowest BCUT2D eigenvalue weighted by molar-refractivity contribution is -0.107. The zero-order chi connectivity index (χ0) is 9.71. The van der Waals surface area contributed by atoms with E-state index in [9.17, 15) is 0 Å². The normalized spacial score (nSPS) is 55.9. The topological polar surface area (TPSA) is 18.5 Å². The Kier molecular flexibility index (Phi) is 1.96. The van der Waals surface area contributed by atoms with Gasteiger partial charge in [-0.25, -0.2) is 0 Å². The van der Waals surface area contributed by atoms with Crippen molar-refractivity contribution in [2.24, 2.45) is 17.8 Å². The summed E-state index contributed by atoms with van der Waals surface area (Å²) in [5.74, 6) is 2.16. The molecule has 1 saturated carbocycles. The van der Waals surface area contributed by atoms with Gasteiger partial charge in [-0.1, -0.05) is 12.2 Å². The minimum absolute atomic E-state index is 0.0694. The van der Waals surface area contributed by atoms with Gasteiger partial charge < -0.3 is 9.47 Å². The van der Waals surface area contributed by atoms with Crippen LogP contribution in [0.3, 0.4) is 0 Å². The molecule has 0 spiro atoms. The van der Waals surface area contributed by atoms with Gasteiger partial charge in [0.05, 0.1) is 12.2 Å². The van der Waals surface area contributed by atoms with E-state index in [0.717, 1.165) is 11.8 Å². The van der Waals surface area contributed by atoms with Crippen molar-refractivity contribution in [3.63, 3.8) is 0 Å². The summed E-state index contributed by atoms with van der Waals surface area (Å²) >= 11 is 0. The lowest BCUT2D eigenvalue weighted by Gasteiger charge is -2.23. The molecule has 0 N–H and O–H groups in total. The zero-order valence-corrected chi connectivity index (χ0v) is 8.85. The predicted octanol–water partition coefficient (Wildman–Crippen LogP) is 2.35. The van der Waals surface area contributed by atoms with Crippen molar-refractivity contribution in [2.75, 3.05) is 0 Å². The van der Waals surface area contributed by atoms with Crippen LogP contribution in [0.1, 0.15) is 26.7 Å². The number of allylic oxidation sites excluding steroid dienone is 2. The first kappa shape index (κ1) is 8.93. The molecule has 2 heteroatoms. The Bertz CT molecular complexity index is 251. The number of ether oxygens (including phenoxy) is 2. The lowest BCUT2D eigenvalue weighted by atomic mass is 9.93. The van der Waals surface area contributed by atoms with E-state index in [1.54, 1.807) is 0 Å². The second-order valence-corrected chi connectivity index (χ2v) is 4.99. The van der Waals surface area contributed by atoms with Gasteiger partial charge >= 0.3 is 0 Å². The van der Waals surface area contributed by atoms with Crippen LogP contribution in [0.25, 0.3) is 0 Å². The zero-order valence-electron chi connectivity index (χ0n) is 8.85. The summed E-state index contributed by atoms with van der Waals surface area (Å²) in [6, 6.07) is 0. The van der Waals surface area contributed by atoms with Gasteiger partial charge in [0.1, 0.15) is 0 Å². The van der Waals surface area contributed by atoms with Crippen LogP contribution in [-0.2, 0) is 9.47 Å². The molecule has 14 heavy (non-hydrogen) atoms. The highest BCUT2D eigenvalue weighted by Gasteiger charge is 2.45. The highest BCUT2D eigenvalue weighted by molar-refractivity contribution is 5.11. The molecule has 3 aliphatic rings. The minimum atomic E-state index is 0.0694. The van der Waals surface area contributed by atoms with Gasteiger partial charge in [-0.2, -0.15) is 0 Å². The summed E-state index contributed by atoms with van der Waals surface area (Å²) in [6.45, 7) is 4.21. The third-order valence-electron chi connectivity index (χ3n) is 4.04. The van der Waals surface area contributed by atoms with Gasteiger partial charge in [-0.05, 0) is 38.5 Å². The van der Waals surface area contributed by atoms with Crippen LogP contribution in [-0.4, -0.2) is 18.5 Å². The third kappa shape index (κ3) is 1.24. The number of rotatable bonds is 1. The summed E-state index contributed by atoms with van der Waals surface area (Å²) in [6.07, 6.45) is 7.93. The minimum Gasteiger partial charge on any atom is -0.347 e. The van der Waals surface area contributed by atoms with Crippen molar-refractivity contribution in [1.29, 1.82) is 0 Å². The molecule has 0 aromatic carbocycles. The van der Waals surface area contributed by atoms with E-state index in [2.05, 4.69) is 26.0 Å². The van der Waals surface area contributed by atoms with Crippen LogP contribution in [0.4, 0.5) is 0 Å². The van der Waals surface area contributed by atoms with E-state index in [-0.39, 0.29) is 18.5 Å². The largest absolute Gasteiger partial charge is 0.347 e. The number of hydrogen-bond acceptors (Lipinski definition) is 2. The van der Waals surface area contributed by atoms with Gasteiger partial charge in [0.2, 0.25) is 0 Å². The molecule has 2 nitrogen and oxygen atoms in total. The monoisotopic (exact) mass is 194 g/mol. The lowest BCUT2D eigenvalue weighted by Crippen LogP contribution is -2.25. The van der Waals surface area contributed by atoms with Crippen LogP contribution in [0.5, 0.6) is 0 Å². The van der Waals surface area contributed by atoms with Crippen LogP contribution >= 0.6 is 0 Å². The standard InChI is InChI=1S/C12H18O2/c1-7-8(2)14-12(13-7)11-6-9-3-4-10(11)5-9/h3-4,7-12H,5-6H2,1-2H3. The van der Waals surface area contributed by atoms with Gasteiger partial charge in [-0.15, -0.1) is 0 Å². The molecule has 1 heterocycles. The maximum Gasteiger partial charge on any atom is 0.161 e. The molecule has 2 fully saturated rings. The van der Waals surface area contributed by atoms with Crippen molar-refractivity contribution in [3.8, 4) is 0 Å². The molecule has 1 aliphatic heterocycles. The molecule has 5 atom stereocenters. The summed E-state index contributed by atoms with van der Waals surface area (Å²) in [4.78, 5) is 0. The van der Waals surface area contributed by atoms with E-state index in [0.29, 0.717) is 5.92 Å². The molecule has 78 valence electrons. The number of fused-ring (bicyclic) bond motifs is 2. The van der Waals surface area contributed by atoms with Crippen LogP contribution in [0, 0.1) is 17.8 Å². The van der Waals surface area contributed by atoms with Crippen LogP contribution in [0.2, 0.25) is 0 Å².